The van der Waals surface area contributed by atoms with Gasteiger partial charge in [0.2, 0.25) is 0 Å². The van der Waals surface area contributed by atoms with Crippen LogP contribution in [-0.2, 0) is 0 Å². The van der Waals surface area contributed by atoms with E-state index in [1.165, 1.54) is 6.07 Å². The van der Waals surface area contributed by atoms with E-state index < -0.39 is 5.91 Å². The smallest absolute Gasteiger partial charge is 0.257 e. The van der Waals surface area contributed by atoms with Crippen LogP contribution in [0.15, 0.2) is 42.5 Å². The first kappa shape index (κ1) is 13.4. The molecule has 0 saturated heterocycles. The van der Waals surface area contributed by atoms with E-state index in [9.17, 15) is 4.79 Å². The van der Waals surface area contributed by atoms with Crippen LogP contribution in [0.5, 0.6) is 0 Å². The lowest BCUT2D eigenvalue weighted by Crippen LogP contribution is -2.13. The van der Waals surface area contributed by atoms with Crippen molar-refractivity contribution in [1.82, 2.24) is 0 Å². The summed E-state index contributed by atoms with van der Waals surface area (Å²) in [5.41, 5.74) is 1.09. The zero-order valence-electron chi connectivity index (χ0n) is 9.65. The molecule has 0 aliphatic heterocycles. The minimum absolute atomic E-state index is 0.266. The van der Waals surface area contributed by atoms with Crippen LogP contribution in [0, 0.1) is 11.3 Å². The quantitative estimate of drug-likeness (QED) is 0.905. The van der Waals surface area contributed by atoms with Crippen LogP contribution in [0.3, 0.4) is 0 Å². The predicted molar refractivity (Wildman–Crippen MR) is 75.6 cm³/mol. The largest absolute Gasteiger partial charge is 0.321 e. The Morgan fingerprint density at radius 1 is 1.16 bits per heavy atom. The first-order chi connectivity index (χ1) is 9.11. The second-order valence-corrected chi connectivity index (χ2v) is 4.58. The number of anilines is 1. The topological polar surface area (TPSA) is 52.9 Å². The summed E-state index contributed by atoms with van der Waals surface area (Å²) >= 11 is 11.8. The fraction of sp³-hybridized carbons (Fsp3) is 0. The van der Waals surface area contributed by atoms with Gasteiger partial charge in [-0.1, -0.05) is 35.3 Å². The lowest BCUT2D eigenvalue weighted by molar-refractivity contribution is 0.102. The van der Waals surface area contributed by atoms with Crippen LogP contribution in [0.2, 0.25) is 10.0 Å². The molecule has 2 aromatic carbocycles. The third kappa shape index (κ3) is 3.05. The Balaban J connectivity index is 2.31. The van der Waals surface area contributed by atoms with Crippen LogP contribution < -0.4 is 5.32 Å². The first-order valence-corrected chi connectivity index (χ1v) is 6.13. The van der Waals surface area contributed by atoms with Crippen LogP contribution >= 0.6 is 23.2 Å². The second kappa shape index (κ2) is 5.75. The molecular formula is C14H8Cl2N2O. The third-order valence-electron chi connectivity index (χ3n) is 2.47. The molecule has 94 valence electrons. The summed E-state index contributed by atoms with van der Waals surface area (Å²) in [5, 5.41) is 12.3. The maximum absolute atomic E-state index is 12.1. The molecule has 1 amide bonds. The van der Waals surface area contributed by atoms with E-state index in [0.29, 0.717) is 21.3 Å². The number of para-hydroxylation sites is 1. The Hall–Kier alpha value is -2.02. The van der Waals surface area contributed by atoms with Gasteiger partial charge in [0.1, 0.15) is 6.07 Å². The van der Waals surface area contributed by atoms with Gasteiger partial charge >= 0.3 is 0 Å². The molecule has 0 aromatic heterocycles. The molecule has 0 saturated carbocycles. The van der Waals surface area contributed by atoms with E-state index >= 15 is 0 Å². The molecule has 0 radical (unpaired) electrons. The van der Waals surface area contributed by atoms with E-state index in [1.807, 2.05) is 6.07 Å². The molecule has 0 spiro atoms. The molecule has 0 fully saturated rings. The zero-order chi connectivity index (χ0) is 13.8. The molecular weight excluding hydrogens is 283 g/mol. The minimum Gasteiger partial charge on any atom is -0.321 e. The average molecular weight is 291 g/mol. The molecule has 0 aliphatic rings. The van der Waals surface area contributed by atoms with Crippen molar-refractivity contribution in [3.05, 3.63) is 63.6 Å². The average Bonchev–Trinajstić information content (AvgIpc) is 2.42. The van der Waals surface area contributed by atoms with E-state index in [0.717, 1.165) is 0 Å². The highest BCUT2D eigenvalue weighted by molar-refractivity contribution is 6.36. The van der Waals surface area contributed by atoms with Crippen LogP contribution in [0.4, 0.5) is 5.69 Å². The van der Waals surface area contributed by atoms with Crippen molar-refractivity contribution in [2.24, 2.45) is 0 Å². The Morgan fingerprint density at radius 2 is 1.89 bits per heavy atom. The van der Waals surface area contributed by atoms with Gasteiger partial charge in [0.05, 0.1) is 21.8 Å². The Kier molecular flexibility index (Phi) is 4.06. The van der Waals surface area contributed by atoms with Crippen molar-refractivity contribution >= 4 is 34.8 Å². The van der Waals surface area contributed by atoms with Crippen molar-refractivity contribution in [1.29, 1.82) is 5.26 Å². The molecule has 3 nitrogen and oxygen atoms in total. The van der Waals surface area contributed by atoms with E-state index in [1.54, 1.807) is 36.4 Å². The van der Waals surface area contributed by atoms with Gasteiger partial charge in [0.25, 0.3) is 5.91 Å². The van der Waals surface area contributed by atoms with Gasteiger partial charge in [-0.3, -0.25) is 4.79 Å². The van der Waals surface area contributed by atoms with Crippen molar-refractivity contribution in [3.8, 4) is 6.07 Å². The van der Waals surface area contributed by atoms with Crippen LogP contribution in [-0.4, -0.2) is 5.91 Å². The van der Waals surface area contributed by atoms with Gasteiger partial charge in [-0.2, -0.15) is 5.26 Å². The minimum atomic E-state index is -0.407. The monoisotopic (exact) mass is 290 g/mol. The van der Waals surface area contributed by atoms with Gasteiger partial charge in [-0.05, 0) is 30.3 Å². The molecule has 0 bridgehead atoms. The standard InChI is InChI=1S/C14H8Cl2N2O/c15-10-5-6-12(16)11(7-10)14(19)18-13-4-2-1-3-9(13)8-17/h1-7H,(H,18,19). The lowest BCUT2D eigenvalue weighted by atomic mass is 10.1. The molecule has 1 N–H and O–H groups in total. The highest BCUT2D eigenvalue weighted by Crippen LogP contribution is 2.22. The zero-order valence-corrected chi connectivity index (χ0v) is 11.2. The highest BCUT2D eigenvalue weighted by Gasteiger charge is 2.12. The van der Waals surface area contributed by atoms with E-state index in [-0.39, 0.29) is 5.56 Å². The number of nitriles is 1. The molecule has 0 aliphatic carbocycles. The Labute approximate surface area is 120 Å². The number of halogens is 2. The van der Waals surface area contributed by atoms with Gasteiger partial charge < -0.3 is 5.32 Å². The predicted octanol–water partition coefficient (Wildman–Crippen LogP) is 4.12. The van der Waals surface area contributed by atoms with Crippen molar-refractivity contribution in [3.63, 3.8) is 0 Å². The van der Waals surface area contributed by atoms with Crippen molar-refractivity contribution in [2.75, 3.05) is 5.32 Å². The van der Waals surface area contributed by atoms with Crippen molar-refractivity contribution in [2.45, 2.75) is 0 Å². The second-order valence-electron chi connectivity index (χ2n) is 3.74. The molecule has 5 heteroatoms. The number of carbonyl (C=O) groups excluding carboxylic acids is 1. The van der Waals surface area contributed by atoms with Gasteiger partial charge in [-0.25, -0.2) is 0 Å². The maximum Gasteiger partial charge on any atom is 0.257 e. The van der Waals surface area contributed by atoms with Gasteiger partial charge in [-0.15, -0.1) is 0 Å². The number of hydrogen-bond donors (Lipinski definition) is 1. The number of benzene rings is 2. The highest BCUT2D eigenvalue weighted by atomic mass is 35.5. The third-order valence-corrected chi connectivity index (χ3v) is 3.03. The molecule has 19 heavy (non-hydrogen) atoms. The maximum atomic E-state index is 12.1. The Morgan fingerprint density at radius 3 is 2.63 bits per heavy atom. The fourth-order valence-electron chi connectivity index (χ4n) is 1.55. The van der Waals surface area contributed by atoms with E-state index in [2.05, 4.69) is 5.32 Å². The number of rotatable bonds is 2. The summed E-state index contributed by atoms with van der Waals surface area (Å²) < 4.78 is 0. The molecule has 2 rings (SSSR count). The summed E-state index contributed by atoms with van der Waals surface area (Å²) in [7, 11) is 0. The SMILES string of the molecule is N#Cc1ccccc1NC(=O)c1cc(Cl)ccc1Cl. The molecule has 0 unspecified atom stereocenters. The summed E-state index contributed by atoms with van der Waals surface area (Å²) in [6.07, 6.45) is 0. The Bertz CT molecular complexity index is 677. The van der Waals surface area contributed by atoms with E-state index in [4.69, 9.17) is 28.5 Å². The number of hydrogen-bond acceptors (Lipinski definition) is 2. The van der Waals surface area contributed by atoms with Crippen LogP contribution in [0.1, 0.15) is 15.9 Å². The van der Waals surface area contributed by atoms with Gasteiger partial charge in [0.15, 0.2) is 0 Å². The summed E-state index contributed by atoms with van der Waals surface area (Å²) in [6, 6.07) is 13.4. The molecule has 2 aromatic rings. The fourth-order valence-corrected chi connectivity index (χ4v) is 1.93. The lowest BCUT2D eigenvalue weighted by Gasteiger charge is -2.08. The summed E-state index contributed by atoms with van der Waals surface area (Å²) in [6.45, 7) is 0. The first-order valence-electron chi connectivity index (χ1n) is 5.37. The van der Waals surface area contributed by atoms with Gasteiger partial charge in [0, 0.05) is 5.02 Å². The number of nitrogens with one attached hydrogen (secondary N) is 1. The number of amides is 1. The number of nitrogens with zero attached hydrogens (tertiary/aromatic N) is 1. The summed E-state index contributed by atoms with van der Waals surface area (Å²) in [5.74, 6) is -0.407. The summed E-state index contributed by atoms with van der Waals surface area (Å²) in [4.78, 5) is 12.1. The normalized spacial score (nSPS) is 9.74. The van der Waals surface area contributed by atoms with Crippen LogP contribution in [0.25, 0.3) is 0 Å². The number of carbonyl (C=O) groups is 1. The molecule has 0 heterocycles. The van der Waals surface area contributed by atoms with Crippen molar-refractivity contribution < 1.29 is 4.79 Å². The molecule has 0 atom stereocenters.